The van der Waals surface area contributed by atoms with Crippen LogP contribution in [0.1, 0.15) is 26.3 Å². The molecule has 0 aliphatic carbocycles. The van der Waals surface area contributed by atoms with E-state index in [9.17, 15) is 14.4 Å². The number of likely N-dealkylation sites (N-methyl/N-ethyl adjacent to an activating group) is 1. The molecule has 1 fully saturated rings. The van der Waals surface area contributed by atoms with Crippen molar-refractivity contribution in [2.24, 2.45) is 0 Å². The van der Waals surface area contributed by atoms with Gasteiger partial charge in [-0.3, -0.25) is 14.5 Å². The van der Waals surface area contributed by atoms with Gasteiger partial charge in [0.15, 0.2) is 5.13 Å². The average molecular weight is 475 g/mol. The minimum atomic E-state index is -1.29. The molecule has 3 rings (SSSR count). The quantitative estimate of drug-likeness (QED) is 0.599. The highest BCUT2D eigenvalue weighted by atomic mass is 32.1. The van der Waals surface area contributed by atoms with E-state index in [-0.39, 0.29) is 25.2 Å². The van der Waals surface area contributed by atoms with Crippen LogP contribution < -0.4 is 15.2 Å². The Kier molecular flexibility index (Phi) is 7.59. The molecule has 176 valence electrons. The van der Waals surface area contributed by atoms with Gasteiger partial charge < -0.3 is 18.8 Å². The van der Waals surface area contributed by atoms with E-state index in [1.807, 2.05) is 12.1 Å². The molecule has 0 unspecified atom stereocenters. The van der Waals surface area contributed by atoms with E-state index in [0.29, 0.717) is 10.9 Å². The predicted octanol–water partition coefficient (Wildman–Crippen LogP) is 1.82. The molecular weight excluding hydrogens is 449 g/mol. The maximum atomic E-state index is 13.0. The Morgan fingerprint density at radius 1 is 1.18 bits per heavy atom. The fourth-order valence-corrected chi connectivity index (χ4v) is 3.72. The molecule has 2 aromatic rings. The highest BCUT2D eigenvalue weighted by Gasteiger charge is 2.37. The first-order valence-electron chi connectivity index (χ1n) is 10.2. The molecule has 1 aromatic carbocycles. The van der Waals surface area contributed by atoms with Gasteiger partial charge in [-0.25, -0.2) is 14.7 Å². The van der Waals surface area contributed by atoms with Gasteiger partial charge in [0, 0.05) is 5.38 Å². The van der Waals surface area contributed by atoms with Crippen LogP contribution in [-0.2, 0) is 30.2 Å². The normalized spacial score (nSPS) is 15.2. The van der Waals surface area contributed by atoms with E-state index in [0.717, 1.165) is 16.9 Å². The minimum Gasteiger partial charge on any atom is -0.497 e. The number of anilines is 1. The van der Waals surface area contributed by atoms with Crippen molar-refractivity contribution in [1.82, 2.24) is 9.88 Å². The smallest absolute Gasteiger partial charge is 0.497 e. The van der Waals surface area contributed by atoms with E-state index in [1.54, 1.807) is 52.4 Å². The second-order valence-corrected chi connectivity index (χ2v) is 9.29. The van der Waals surface area contributed by atoms with Crippen LogP contribution in [0.3, 0.4) is 0 Å². The first-order chi connectivity index (χ1) is 15.5. The zero-order chi connectivity index (χ0) is 24.2. The Balaban J connectivity index is 1.86. The van der Waals surface area contributed by atoms with Gasteiger partial charge in [-0.2, -0.15) is 0 Å². The number of benzene rings is 1. The highest BCUT2D eigenvalue weighted by Crippen LogP contribution is 2.24. The van der Waals surface area contributed by atoms with Crippen LogP contribution in [0.25, 0.3) is 0 Å². The third kappa shape index (κ3) is 6.93. The van der Waals surface area contributed by atoms with Crippen LogP contribution in [-0.4, -0.2) is 67.9 Å². The van der Waals surface area contributed by atoms with E-state index in [1.165, 1.54) is 9.80 Å². The van der Waals surface area contributed by atoms with Gasteiger partial charge >= 0.3 is 25.2 Å². The average Bonchev–Trinajstić information content (AvgIpc) is 3.19. The summed E-state index contributed by atoms with van der Waals surface area (Å²) in [5, 5.41) is 1.89. The second kappa shape index (κ2) is 10.2. The molecule has 1 aromatic heterocycles. The van der Waals surface area contributed by atoms with Gasteiger partial charge in [0.05, 0.1) is 26.7 Å². The molecule has 0 bridgehead atoms. The van der Waals surface area contributed by atoms with Crippen LogP contribution in [0, 0.1) is 0 Å². The summed E-state index contributed by atoms with van der Waals surface area (Å²) in [5.74, 6) is -0.406. The third-order valence-corrected chi connectivity index (χ3v) is 5.25. The fraction of sp³-hybridized carbons (Fsp3) is 0.429. The van der Waals surface area contributed by atoms with Crippen LogP contribution >= 0.6 is 11.3 Å². The van der Waals surface area contributed by atoms with Gasteiger partial charge in [0.25, 0.3) is 0 Å². The highest BCUT2D eigenvalue weighted by molar-refractivity contribution is 7.15. The molecular formula is C21H26BN3O7S. The number of ether oxygens (including phenoxy) is 2. The van der Waals surface area contributed by atoms with Gasteiger partial charge in [-0.15, -0.1) is 11.3 Å². The zero-order valence-corrected chi connectivity index (χ0v) is 20.0. The number of amides is 1. The maximum Gasteiger partial charge on any atom is 0.657 e. The lowest BCUT2D eigenvalue weighted by Gasteiger charge is -2.26. The number of carbonyl (C=O) groups is 3. The van der Waals surface area contributed by atoms with Crippen molar-refractivity contribution in [3.8, 4) is 5.75 Å². The minimum absolute atomic E-state index is 0.0515. The predicted molar refractivity (Wildman–Crippen MR) is 123 cm³/mol. The first-order valence-corrected chi connectivity index (χ1v) is 11.1. The van der Waals surface area contributed by atoms with Crippen molar-refractivity contribution >= 4 is 47.2 Å². The molecule has 0 radical (unpaired) electrons. The van der Waals surface area contributed by atoms with Crippen molar-refractivity contribution in [3.05, 3.63) is 35.2 Å². The fourth-order valence-electron chi connectivity index (χ4n) is 2.90. The Morgan fingerprint density at radius 3 is 2.33 bits per heavy atom. The van der Waals surface area contributed by atoms with Crippen molar-refractivity contribution in [3.63, 3.8) is 0 Å². The zero-order valence-electron chi connectivity index (χ0n) is 19.2. The summed E-state index contributed by atoms with van der Waals surface area (Å²) in [4.78, 5) is 44.4. The number of hydrogen-bond donors (Lipinski definition) is 0. The Hall–Kier alpha value is -3.12. The number of nitrogens with zero attached hydrogens (tertiary/aromatic N) is 3. The first kappa shape index (κ1) is 24.5. The van der Waals surface area contributed by atoms with E-state index >= 15 is 0 Å². The largest absolute Gasteiger partial charge is 0.657 e. The summed E-state index contributed by atoms with van der Waals surface area (Å²) in [6.07, 6.45) is -0.590. The molecule has 12 heteroatoms. The number of thiazole rings is 1. The lowest BCUT2D eigenvalue weighted by molar-refractivity contribution is -0.145. The molecule has 1 aliphatic rings. The standard InChI is InChI=1S/C21H26BN3O7S/c1-21(2,3)30-20(28)25(10-14-6-8-15(29-5)9-7-14)19-23-16(13-33-19)22-31-17(26)11-24(4)12-18(27)32-22/h6-9,13H,10-12H2,1-5H3. The van der Waals surface area contributed by atoms with Gasteiger partial charge in [-0.1, -0.05) is 12.1 Å². The van der Waals surface area contributed by atoms with Crippen LogP contribution in [0.5, 0.6) is 5.75 Å². The van der Waals surface area contributed by atoms with Crippen molar-refractivity contribution in [1.29, 1.82) is 0 Å². The summed E-state index contributed by atoms with van der Waals surface area (Å²) >= 11 is 1.14. The second-order valence-electron chi connectivity index (χ2n) is 8.45. The molecule has 0 atom stereocenters. The lowest BCUT2D eigenvalue weighted by atomic mass is 9.85. The summed E-state index contributed by atoms with van der Waals surface area (Å²) in [5.41, 5.74) is 0.321. The number of carbonyl (C=O) groups excluding carboxylic acids is 3. The number of aromatic nitrogens is 1. The maximum absolute atomic E-state index is 13.0. The molecule has 10 nitrogen and oxygen atoms in total. The molecule has 33 heavy (non-hydrogen) atoms. The summed E-state index contributed by atoms with van der Waals surface area (Å²) in [6, 6.07) is 7.25. The summed E-state index contributed by atoms with van der Waals surface area (Å²) in [6.45, 7) is 5.39. The van der Waals surface area contributed by atoms with E-state index < -0.39 is 30.8 Å². The molecule has 2 heterocycles. The summed E-state index contributed by atoms with van der Waals surface area (Å²) in [7, 11) is 1.90. The van der Waals surface area contributed by atoms with Crippen LogP contribution in [0.2, 0.25) is 0 Å². The molecule has 1 saturated heterocycles. The van der Waals surface area contributed by atoms with Crippen LogP contribution in [0.15, 0.2) is 29.6 Å². The number of methoxy groups -OCH3 is 1. The van der Waals surface area contributed by atoms with Crippen molar-refractivity contribution in [2.45, 2.75) is 32.9 Å². The Bertz CT molecular complexity index is 986. The molecule has 0 spiro atoms. The molecule has 1 amide bonds. The Morgan fingerprint density at radius 2 is 1.79 bits per heavy atom. The van der Waals surface area contributed by atoms with Crippen molar-refractivity contribution in [2.75, 3.05) is 32.1 Å². The third-order valence-electron chi connectivity index (χ3n) is 4.37. The SMILES string of the molecule is COc1ccc(CN(C(=O)OC(C)(C)C)c2nc(B3OC(=O)CN(C)CC(=O)O3)cs2)cc1. The van der Waals surface area contributed by atoms with E-state index in [4.69, 9.17) is 18.8 Å². The van der Waals surface area contributed by atoms with Gasteiger partial charge in [-0.05, 0) is 45.5 Å². The number of rotatable bonds is 5. The number of hydrogen-bond acceptors (Lipinski definition) is 10. The monoisotopic (exact) mass is 475 g/mol. The summed E-state index contributed by atoms with van der Waals surface area (Å²) < 4.78 is 21.3. The molecule has 1 aliphatic heterocycles. The topological polar surface area (TPSA) is 108 Å². The molecule has 0 N–H and O–H groups in total. The lowest BCUT2D eigenvalue weighted by Crippen LogP contribution is -2.48. The van der Waals surface area contributed by atoms with Crippen LogP contribution in [0.4, 0.5) is 9.93 Å². The van der Waals surface area contributed by atoms with Gasteiger partial charge in [0.2, 0.25) is 0 Å². The molecule has 0 saturated carbocycles. The van der Waals surface area contributed by atoms with E-state index in [2.05, 4.69) is 4.98 Å². The van der Waals surface area contributed by atoms with Gasteiger partial charge in [0.1, 0.15) is 16.9 Å². The Labute approximate surface area is 196 Å². The van der Waals surface area contributed by atoms with Crippen molar-refractivity contribution < 1.29 is 33.2 Å².